The molecule has 1 aromatic carbocycles. The molecule has 0 spiro atoms. The second-order valence-electron chi connectivity index (χ2n) is 4.16. The van der Waals surface area contributed by atoms with Crippen LogP contribution >= 0.6 is 11.6 Å². The second kappa shape index (κ2) is 5.92. The van der Waals surface area contributed by atoms with E-state index in [1.165, 1.54) is 0 Å². The molecule has 0 bridgehead atoms. The topological polar surface area (TPSA) is 83.2 Å². The van der Waals surface area contributed by atoms with Crippen LogP contribution in [0.25, 0.3) is 0 Å². The summed E-state index contributed by atoms with van der Waals surface area (Å²) in [5, 5.41) is 0.711. The van der Waals surface area contributed by atoms with Gasteiger partial charge >= 0.3 is 12.0 Å². The van der Waals surface area contributed by atoms with Gasteiger partial charge in [-0.05, 0) is 44.0 Å². The number of rotatable bonds is 4. The normalized spacial score (nSPS) is 10.4. The number of ether oxygens (including phenoxy) is 2. The van der Waals surface area contributed by atoms with Crippen molar-refractivity contribution < 1.29 is 9.47 Å². The second-order valence-corrected chi connectivity index (χ2v) is 4.54. The minimum absolute atomic E-state index is 0.0425. The first kappa shape index (κ1) is 14.3. The fourth-order valence-corrected chi connectivity index (χ4v) is 1.77. The maximum absolute atomic E-state index is 6.11. The monoisotopic (exact) mass is 294 g/mol. The first-order valence-corrected chi connectivity index (χ1v) is 6.46. The number of halogens is 1. The Balaban J connectivity index is 2.30. The van der Waals surface area contributed by atoms with Gasteiger partial charge < -0.3 is 15.2 Å². The summed E-state index contributed by atoms with van der Waals surface area (Å²) in [6, 6.07) is 3.82. The summed E-state index contributed by atoms with van der Waals surface area (Å²) in [7, 11) is 0. The van der Waals surface area contributed by atoms with Crippen LogP contribution in [0.1, 0.15) is 18.1 Å². The molecule has 0 atom stereocenters. The van der Waals surface area contributed by atoms with Gasteiger partial charge in [0, 0.05) is 5.02 Å². The summed E-state index contributed by atoms with van der Waals surface area (Å²) in [5.74, 6) is 0.623. The molecule has 0 fully saturated rings. The highest BCUT2D eigenvalue weighted by molar-refractivity contribution is 6.32. The number of anilines is 1. The van der Waals surface area contributed by atoms with Crippen LogP contribution < -0.4 is 15.2 Å². The first-order valence-electron chi connectivity index (χ1n) is 6.08. The first-order chi connectivity index (χ1) is 9.49. The van der Waals surface area contributed by atoms with Crippen LogP contribution in [0.5, 0.6) is 17.8 Å². The van der Waals surface area contributed by atoms with E-state index >= 15 is 0 Å². The largest absolute Gasteiger partial charge is 0.464 e. The number of aryl methyl sites for hydroxylation is 2. The molecular formula is C13H15ClN4O2. The Morgan fingerprint density at radius 2 is 1.70 bits per heavy atom. The highest BCUT2D eigenvalue weighted by Gasteiger charge is 2.09. The van der Waals surface area contributed by atoms with Crippen LogP contribution in [-0.4, -0.2) is 21.6 Å². The minimum Gasteiger partial charge on any atom is -0.464 e. The molecule has 106 valence electrons. The van der Waals surface area contributed by atoms with Gasteiger partial charge in [0.1, 0.15) is 5.75 Å². The molecule has 20 heavy (non-hydrogen) atoms. The summed E-state index contributed by atoms with van der Waals surface area (Å²) in [6.45, 7) is 6.06. The van der Waals surface area contributed by atoms with Crippen LogP contribution in [0.15, 0.2) is 12.1 Å². The Morgan fingerprint density at radius 1 is 1.10 bits per heavy atom. The fraction of sp³-hybridized carbons (Fsp3) is 0.308. The number of hydrogen-bond donors (Lipinski definition) is 1. The van der Waals surface area contributed by atoms with Gasteiger partial charge in [0.25, 0.3) is 0 Å². The van der Waals surface area contributed by atoms with Gasteiger partial charge in [-0.15, -0.1) is 4.98 Å². The minimum atomic E-state index is 0.0425. The smallest absolute Gasteiger partial charge is 0.330 e. The van der Waals surface area contributed by atoms with Crippen LogP contribution in [0.2, 0.25) is 5.02 Å². The zero-order valence-electron chi connectivity index (χ0n) is 11.5. The molecule has 0 unspecified atom stereocenters. The van der Waals surface area contributed by atoms with Gasteiger partial charge in [-0.1, -0.05) is 11.6 Å². The van der Waals surface area contributed by atoms with Crippen molar-refractivity contribution in [3.05, 3.63) is 28.3 Å². The summed E-state index contributed by atoms with van der Waals surface area (Å²) in [6.07, 6.45) is 0. The lowest BCUT2D eigenvalue weighted by Gasteiger charge is -2.09. The van der Waals surface area contributed by atoms with Gasteiger partial charge in [-0.25, -0.2) is 0 Å². The van der Waals surface area contributed by atoms with Crippen molar-refractivity contribution in [3.63, 3.8) is 0 Å². The number of benzene rings is 1. The number of nitrogens with zero attached hydrogens (tertiary/aromatic N) is 3. The molecule has 0 aliphatic rings. The van der Waals surface area contributed by atoms with E-state index in [0.717, 1.165) is 11.1 Å². The third kappa shape index (κ3) is 3.27. The average Bonchev–Trinajstić information content (AvgIpc) is 2.35. The van der Waals surface area contributed by atoms with Crippen molar-refractivity contribution in [3.8, 4) is 17.8 Å². The van der Waals surface area contributed by atoms with Gasteiger partial charge in [-0.3, -0.25) is 0 Å². The zero-order chi connectivity index (χ0) is 14.7. The van der Waals surface area contributed by atoms with Crippen molar-refractivity contribution in [2.75, 3.05) is 12.3 Å². The molecule has 0 saturated heterocycles. The Bertz CT molecular complexity index is 611. The predicted octanol–water partition coefficient (Wildman–Crippen LogP) is 2.92. The molecule has 0 aliphatic heterocycles. The third-order valence-corrected chi connectivity index (χ3v) is 3.10. The van der Waals surface area contributed by atoms with E-state index in [-0.39, 0.29) is 18.0 Å². The lowest BCUT2D eigenvalue weighted by Crippen LogP contribution is -2.05. The molecule has 2 aromatic rings. The number of aromatic nitrogens is 3. The number of nitrogen functional groups attached to an aromatic ring is 1. The average molecular weight is 295 g/mol. The maximum atomic E-state index is 6.11. The molecule has 2 N–H and O–H groups in total. The van der Waals surface area contributed by atoms with Crippen LogP contribution in [-0.2, 0) is 0 Å². The van der Waals surface area contributed by atoms with Crippen molar-refractivity contribution in [2.45, 2.75) is 20.8 Å². The van der Waals surface area contributed by atoms with Gasteiger partial charge in [0.15, 0.2) is 0 Å². The molecular weight excluding hydrogens is 280 g/mol. The molecule has 0 aliphatic carbocycles. The van der Waals surface area contributed by atoms with Gasteiger partial charge in [0.05, 0.1) is 6.61 Å². The van der Waals surface area contributed by atoms with Crippen molar-refractivity contribution in [1.82, 2.24) is 15.0 Å². The number of nitrogens with two attached hydrogens (primary N) is 1. The van der Waals surface area contributed by atoms with E-state index in [2.05, 4.69) is 15.0 Å². The lowest BCUT2D eigenvalue weighted by atomic mass is 10.1. The summed E-state index contributed by atoms with van der Waals surface area (Å²) >= 11 is 6.11. The molecule has 1 aromatic heterocycles. The highest BCUT2D eigenvalue weighted by atomic mass is 35.5. The Morgan fingerprint density at radius 3 is 2.30 bits per heavy atom. The van der Waals surface area contributed by atoms with Crippen molar-refractivity contribution in [1.29, 1.82) is 0 Å². The molecule has 0 amide bonds. The molecule has 2 rings (SSSR count). The lowest BCUT2D eigenvalue weighted by molar-refractivity contribution is 0.304. The standard InChI is InChI=1S/C13H15ClN4O2/c1-4-19-12-16-11(15)17-13(18-12)20-9-5-7(2)10(14)8(3)6-9/h5-6H,4H2,1-3H3,(H2,15,16,17,18). The summed E-state index contributed by atoms with van der Waals surface area (Å²) in [5.41, 5.74) is 7.41. The fourth-order valence-electron chi connectivity index (χ4n) is 1.66. The Kier molecular flexibility index (Phi) is 4.24. The molecule has 1 heterocycles. The van der Waals surface area contributed by atoms with E-state index in [1.807, 2.05) is 20.8 Å². The Labute approximate surface area is 121 Å². The SMILES string of the molecule is CCOc1nc(N)nc(Oc2cc(C)c(Cl)c(C)c2)n1. The molecule has 0 radical (unpaired) electrons. The van der Waals surface area contributed by atoms with E-state index in [9.17, 15) is 0 Å². The molecule has 6 nitrogen and oxygen atoms in total. The Hall–Kier alpha value is -2.08. The molecule has 0 saturated carbocycles. The third-order valence-electron chi connectivity index (χ3n) is 2.50. The van der Waals surface area contributed by atoms with Crippen LogP contribution in [0.4, 0.5) is 5.95 Å². The highest BCUT2D eigenvalue weighted by Crippen LogP contribution is 2.28. The summed E-state index contributed by atoms with van der Waals surface area (Å²) in [4.78, 5) is 11.8. The quantitative estimate of drug-likeness (QED) is 0.933. The van der Waals surface area contributed by atoms with Gasteiger partial charge in [0.2, 0.25) is 5.95 Å². The maximum Gasteiger partial charge on any atom is 0.330 e. The van der Waals surface area contributed by atoms with E-state index < -0.39 is 0 Å². The van der Waals surface area contributed by atoms with Crippen molar-refractivity contribution >= 4 is 17.5 Å². The van der Waals surface area contributed by atoms with E-state index in [1.54, 1.807) is 12.1 Å². The zero-order valence-corrected chi connectivity index (χ0v) is 12.2. The molecule has 7 heteroatoms. The van der Waals surface area contributed by atoms with Gasteiger partial charge in [-0.2, -0.15) is 9.97 Å². The van der Waals surface area contributed by atoms with Crippen molar-refractivity contribution in [2.24, 2.45) is 0 Å². The predicted molar refractivity (Wildman–Crippen MR) is 76.4 cm³/mol. The van der Waals surface area contributed by atoms with E-state index in [0.29, 0.717) is 17.4 Å². The van der Waals surface area contributed by atoms with E-state index in [4.69, 9.17) is 26.8 Å². The van der Waals surface area contributed by atoms with Crippen LogP contribution in [0.3, 0.4) is 0 Å². The number of hydrogen-bond acceptors (Lipinski definition) is 6. The summed E-state index contributed by atoms with van der Waals surface area (Å²) < 4.78 is 10.8. The van der Waals surface area contributed by atoms with Crippen LogP contribution in [0, 0.1) is 13.8 Å².